The minimum absolute atomic E-state index is 0.226. The number of benzene rings is 2. The second kappa shape index (κ2) is 10.1. The summed E-state index contributed by atoms with van der Waals surface area (Å²) in [6, 6.07) is 17.8. The molecule has 0 bridgehead atoms. The number of nitrogens with zero attached hydrogens (tertiary/aromatic N) is 3. The predicted molar refractivity (Wildman–Crippen MR) is 111 cm³/mol. The normalized spacial score (nSPS) is 13.3. The standard InChI is InChI=1S/C22H22N4O4/c23-11-10-20(27)24-18-8-6-17(7-9-18)22(29)30-16-21(28)26-14-12-25(13-15-26)19-4-2-1-3-5-19/h1-9H,10,12-16H2,(H,24,27). The molecule has 0 unspecified atom stereocenters. The minimum Gasteiger partial charge on any atom is -0.452 e. The van der Waals surface area contributed by atoms with Crippen LogP contribution in [0.4, 0.5) is 11.4 Å². The number of esters is 1. The topological polar surface area (TPSA) is 103 Å². The highest BCUT2D eigenvalue weighted by atomic mass is 16.5. The third-order valence-electron chi connectivity index (χ3n) is 4.72. The largest absolute Gasteiger partial charge is 0.452 e. The van der Waals surface area contributed by atoms with Gasteiger partial charge in [-0.2, -0.15) is 5.26 Å². The third-order valence-corrected chi connectivity index (χ3v) is 4.72. The van der Waals surface area contributed by atoms with Gasteiger partial charge in [-0.25, -0.2) is 4.79 Å². The van der Waals surface area contributed by atoms with E-state index in [9.17, 15) is 14.4 Å². The van der Waals surface area contributed by atoms with Crippen molar-refractivity contribution >= 4 is 29.2 Å². The summed E-state index contributed by atoms with van der Waals surface area (Å²) in [5.74, 6) is -1.26. The number of nitrogens with one attached hydrogen (secondary N) is 1. The fraction of sp³-hybridized carbons (Fsp3) is 0.273. The quantitative estimate of drug-likeness (QED) is 0.737. The molecule has 8 heteroatoms. The average Bonchev–Trinajstić information content (AvgIpc) is 2.78. The number of carbonyl (C=O) groups excluding carboxylic acids is 3. The number of anilines is 2. The molecule has 0 aromatic heterocycles. The molecule has 1 saturated heterocycles. The van der Waals surface area contributed by atoms with Crippen LogP contribution in [0.2, 0.25) is 0 Å². The molecule has 30 heavy (non-hydrogen) atoms. The lowest BCUT2D eigenvalue weighted by Gasteiger charge is -2.36. The van der Waals surface area contributed by atoms with Crippen LogP contribution in [0.5, 0.6) is 0 Å². The molecule has 2 amide bonds. The molecule has 1 N–H and O–H groups in total. The van der Waals surface area contributed by atoms with Gasteiger partial charge in [0, 0.05) is 37.6 Å². The van der Waals surface area contributed by atoms with Crippen molar-refractivity contribution in [3.05, 3.63) is 60.2 Å². The fourth-order valence-electron chi connectivity index (χ4n) is 3.12. The molecule has 0 atom stereocenters. The minimum atomic E-state index is -0.610. The summed E-state index contributed by atoms with van der Waals surface area (Å²) < 4.78 is 5.14. The van der Waals surface area contributed by atoms with Crippen LogP contribution in [0.15, 0.2) is 54.6 Å². The van der Waals surface area contributed by atoms with Crippen molar-refractivity contribution in [2.24, 2.45) is 0 Å². The number of hydrogen-bond donors (Lipinski definition) is 1. The van der Waals surface area contributed by atoms with Crippen molar-refractivity contribution in [3.63, 3.8) is 0 Å². The molecule has 1 aliphatic rings. The number of hydrogen-bond acceptors (Lipinski definition) is 6. The summed E-state index contributed by atoms with van der Waals surface area (Å²) in [6.07, 6.45) is -0.245. The predicted octanol–water partition coefficient (Wildman–Crippen LogP) is 2.04. The Morgan fingerprint density at radius 3 is 2.27 bits per heavy atom. The zero-order valence-electron chi connectivity index (χ0n) is 16.4. The molecule has 154 valence electrons. The molecular weight excluding hydrogens is 384 g/mol. The lowest BCUT2D eigenvalue weighted by Crippen LogP contribution is -2.49. The molecule has 3 rings (SSSR count). The molecule has 2 aromatic rings. The zero-order valence-corrected chi connectivity index (χ0v) is 16.4. The maximum absolute atomic E-state index is 12.4. The van der Waals surface area contributed by atoms with Crippen molar-refractivity contribution in [1.82, 2.24) is 4.90 Å². The summed E-state index contributed by atoms with van der Waals surface area (Å²) in [4.78, 5) is 39.8. The van der Waals surface area contributed by atoms with Crippen molar-refractivity contribution in [1.29, 1.82) is 5.26 Å². The number of rotatable bonds is 6. The zero-order chi connectivity index (χ0) is 21.3. The van der Waals surface area contributed by atoms with Gasteiger partial charge in [-0.1, -0.05) is 18.2 Å². The van der Waals surface area contributed by atoms with Crippen LogP contribution in [0, 0.1) is 11.3 Å². The maximum atomic E-state index is 12.4. The van der Waals surface area contributed by atoms with E-state index in [2.05, 4.69) is 10.2 Å². The van der Waals surface area contributed by atoms with E-state index in [1.165, 1.54) is 24.3 Å². The Balaban J connectivity index is 1.44. The van der Waals surface area contributed by atoms with Crippen LogP contribution in [0.25, 0.3) is 0 Å². The number of ether oxygens (including phenoxy) is 1. The van der Waals surface area contributed by atoms with Gasteiger partial charge in [0.25, 0.3) is 5.91 Å². The molecule has 0 saturated carbocycles. The first kappa shape index (κ1) is 20.9. The van der Waals surface area contributed by atoms with Crippen molar-refractivity contribution in [2.75, 3.05) is 43.0 Å². The molecule has 1 fully saturated rings. The highest BCUT2D eigenvalue weighted by molar-refractivity contribution is 5.94. The molecule has 0 spiro atoms. The van der Waals surface area contributed by atoms with E-state index in [0.29, 0.717) is 18.8 Å². The molecule has 8 nitrogen and oxygen atoms in total. The molecule has 0 radical (unpaired) electrons. The lowest BCUT2D eigenvalue weighted by atomic mass is 10.2. The fourth-order valence-corrected chi connectivity index (χ4v) is 3.12. The van der Waals surface area contributed by atoms with Crippen molar-refractivity contribution < 1.29 is 19.1 Å². The third kappa shape index (κ3) is 5.58. The summed E-state index contributed by atoms with van der Waals surface area (Å²) in [5.41, 5.74) is 1.87. The number of nitriles is 1. The van der Waals surface area contributed by atoms with Gasteiger partial charge >= 0.3 is 5.97 Å². The Hall–Kier alpha value is -3.86. The van der Waals surface area contributed by atoms with Crippen LogP contribution in [0.3, 0.4) is 0 Å². The van der Waals surface area contributed by atoms with Gasteiger partial charge in [0.15, 0.2) is 6.61 Å². The molecule has 1 aliphatic heterocycles. The van der Waals surface area contributed by atoms with Crippen molar-refractivity contribution in [2.45, 2.75) is 6.42 Å². The van der Waals surface area contributed by atoms with Gasteiger partial charge in [-0.05, 0) is 36.4 Å². The lowest BCUT2D eigenvalue weighted by molar-refractivity contribution is -0.134. The van der Waals surface area contributed by atoms with Gasteiger partial charge < -0.3 is 19.9 Å². The Kier molecular flexibility index (Phi) is 7.00. The Labute approximate surface area is 174 Å². The SMILES string of the molecule is N#CCC(=O)Nc1ccc(C(=O)OCC(=O)N2CCN(c3ccccc3)CC2)cc1. The van der Waals surface area contributed by atoms with Gasteiger partial charge in [0.1, 0.15) is 6.42 Å². The van der Waals surface area contributed by atoms with Gasteiger partial charge in [-0.3, -0.25) is 9.59 Å². The number of para-hydroxylation sites is 1. The van der Waals surface area contributed by atoms with E-state index in [-0.39, 0.29) is 24.5 Å². The molecule has 2 aromatic carbocycles. The van der Waals surface area contributed by atoms with Crippen LogP contribution >= 0.6 is 0 Å². The summed E-state index contributed by atoms with van der Waals surface area (Å²) >= 11 is 0. The van der Waals surface area contributed by atoms with Crippen LogP contribution < -0.4 is 10.2 Å². The van der Waals surface area contributed by atoms with Crippen LogP contribution in [0.1, 0.15) is 16.8 Å². The highest BCUT2D eigenvalue weighted by Crippen LogP contribution is 2.16. The second-order valence-electron chi connectivity index (χ2n) is 6.74. The van der Waals surface area contributed by atoms with E-state index < -0.39 is 11.9 Å². The van der Waals surface area contributed by atoms with E-state index in [0.717, 1.165) is 18.8 Å². The van der Waals surface area contributed by atoms with Crippen LogP contribution in [-0.4, -0.2) is 55.5 Å². The first-order chi connectivity index (χ1) is 14.6. The van der Waals surface area contributed by atoms with Gasteiger partial charge in [-0.15, -0.1) is 0 Å². The maximum Gasteiger partial charge on any atom is 0.338 e. The van der Waals surface area contributed by atoms with Gasteiger partial charge in [0.05, 0.1) is 11.6 Å². The Bertz CT molecular complexity index is 930. The van der Waals surface area contributed by atoms with Crippen molar-refractivity contribution in [3.8, 4) is 6.07 Å². The number of piperazine rings is 1. The first-order valence-electron chi connectivity index (χ1n) is 9.58. The molecule has 1 heterocycles. The number of carbonyl (C=O) groups is 3. The highest BCUT2D eigenvalue weighted by Gasteiger charge is 2.22. The Morgan fingerprint density at radius 2 is 1.63 bits per heavy atom. The first-order valence-corrected chi connectivity index (χ1v) is 9.58. The summed E-state index contributed by atoms with van der Waals surface area (Å²) in [7, 11) is 0. The van der Waals surface area contributed by atoms with Crippen LogP contribution in [-0.2, 0) is 14.3 Å². The monoisotopic (exact) mass is 406 g/mol. The van der Waals surface area contributed by atoms with Gasteiger partial charge in [0.2, 0.25) is 5.91 Å². The summed E-state index contributed by atoms with van der Waals surface area (Å²) in [5, 5.41) is 11.0. The number of amides is 2. The van der Waals surface area contributed by atoms with E-state index in [4.69, 9.17) is 10.00 Å². The van der Waals surface area contributed by atoms with E-state index in [1.807, 2.05) is 30.3 Å². The summed E-state index contributed by atoms with van der Waals surface area (Å²) in [6.45, 7) is 2.28. The Morgan fingerprint density at radius 1 is 0.967 bits per heavy atom. The van der Waals surface area contributed by atoms with E-state index >= 15 is 0 Å². The molecular formula is C22H22N4O4. The van der Waals surface area contributed by atoms with E-state index in [1.54, 1.807) is 11.0 Å². The second-order valence-corrected chi connectivity index (χ2v) is 6.74. The smallest absolute Gasteiger partial charge is 0.338 e. The average molecular weight is 406 g/mol. The molecule has 0 aliphatic carbocycles.